The molecule has 2 amide bonds. The molecule has 0 radical (unpaired) electrons. The van der Waals surface area contributed by atoms with E-state index in [4.69, 9.17) is 0 Å². The van der Waals surface area contributed by atoms with Gasteiger partial charge in [-0.15, -0.1) is 0 Å². The second-order valence-electron chi connectivity index (χ2n) is 5.82. The third-order valence-electron chi connectivity index (χ3n) is 4.20. The molecule has 22 heavy (non-hydrogen) atoms. The number of likely N-dealkylation sites (N-methyl/N-ethyl adjacent to an activating group) is 1. The van der Waals surface area contributed by atoms with Crippen molar-refractivity contribution in [2.45, 2.75) is 33.6 Å². The fraction of sp³-hybridized carbons (Fsp3) is 0.875. The summed E-state index contributed by atoms with van der Waals surface area (Å²) in [4.78, 5) is 30.2. The average molecular weight is 312 g/mol. The quantitative estimate of drug-likeness (QED) is 0.626. The number of nitrogens with one attached hydrogen (secondary N) is 1. The molecule has 0 aromatic carbocycles. The average Bonchev–Trinajstić information content (AvgIpc) is 2.53. The first kappa shape index (κ1) is 18.9. The van der Waals surface area contributed by atoms with Crippen LogP contribution in [0.2, 0.25) is 0 Å². The Balaban J connectivity index is 2.25. The van der Waals surface area contributed by atoms with E-state index >= 15 is 0 Å². The van der Waals surface area contributed by atoms with E-state index in [9.17, 15) is 9.59 Å². The van der Waals surface area contributed by atoms with Crippen molar-refractivity contribution in [2.24, 2.45) is 0 Å². The molecule has 0 saturated carbocycles. The number of rotatable bonds is 9. The Morgan fingerprint density at radius 1 is 1.05 bits per heavy atom. The van der Waals surface area contributed by atoms with E-state index < -0.39 is 0 Å². The summed E-state index contributed by atoms with van der Waals surface area (Å²) in [5.41, 5.74) is 0. The SMILES string of the molecule is CCCCNC(=O)CN1CCN(C(=O)CN(CC)CC)CC1. The second-order valence-corrected chi connectivity index (χ2v) is 5.82. The number of hydrogen-bond donors (Lipinski definition) is 1. The summed E-state index contributed by atoms with van der Waals surface area (Å²) in [5.74, 6) is 0.298. The summed E-state index contributed by atoms with van der Waals surface area (Å²) >= 11 is 0. The highest BCUT2D eigenvalue weighted by molar-refractivity contribution is 5.79. The Bertz CT molecular complexity index is 337. The molecule has 0 spiro atoms. The Hall–Kier alpha value is -1.14. The van der Waals surface area contributed by atoms with Crippen LogP contribution in [0.15, 0.2) is 0 Å². The van der Waals surface area contributed by atoms with Crippen LogP contribution in [0.3, 0.4) is 0 Å². The van der Waals surface area contributed by atoms with Crippen LogP contribution in [0, 0.1) is 0 Å². The normalized spacial score (nSPS) is 16.1. The number of carbonyl (C=O) groups is 2. The van der Waals surface area contributed by atoms with Crippen LogP contribution in [0.5, 0.6) is 0 Å². The van der Waals surface area contributed by atoms with Gasteiger partial charge in [-0.05, 0) is 19.5 Å². The van der Waals surface area contributed by atoms with Crippen molar-refractivity contribution >= 4 is 11.8 Å². The van der Waals surface area contributed by atoms with Gasteiger partial charge in [0.1, 0.15) is 0 Å². The molecule has 6 heteroatoms. The van der Waals surface area contributed by atoms with Gasteiger partial charge >= 0.3 is 0 Å². The largest absolute Gasteiger partial charge is 0.355 e. The maximum absolute atomic E-state index is 12.2. The van der Waals surface area contributed by atoms with Crippen LogP contribution in [0.25, 0.3) is 0 Å². The molecular formula is C16H32N4O2. The van der Waals surface area contributed by atoms with Crippen molar-refractivity contribution < 1.29 is 9.59 Å². The molecule has 1 N–H and O–H groups in total. The summed E-state index contributed by atoms with van der Waals surface area (Å²) in [6.07, 6.45) is 2.12. The Morgan fingerprint density at radius 2 is 1.68 bits per heavy atom. The first-order valence-corrected chi connectivity index (χ1v) is 8.59. The fourth-order valence-corrected chi connectivity index (χ4v) is 2.56. The monoisotopic (exact) mass is 312 g/mol. The van der Waals surface area contributed by atoms with E-state index in [0.29, 0.717) is 13.1 Å². The van der Waals surface area contributed by atoms with Crippen molar-refractivity contribution in [1.82, 2.24) is 20.0 Å². The molecule has 0 aliphatic carbocycles. The van der Waals surface area contributed by atoms with Gasteiger partial charge in [0.15, 0.2) is 0 Å². The summed E-state index contributed by atoms with van der Waals surface area (Å²) < 4.78 is 0. The molecule has 6 nitrogen and oxygen atoms in total. The van der Waals surface area contributed by atoms with E-state index in [-0.39, 0.29) is 11.8 Å². The molecule has 1 aliphatic heterocycles. The van der Waals surface area contributed by atoms with Gasteiger partial charge in [-0.2, -0.15) is 0 Å². The molecule has 1 fully saturated rings. The van der Waals surface area contributed by atoms with Crippen molar-refractivity contribution in [3.63, 3.8) is 0 Å². The lowest BCUT2D eigenvalue weighted by Crippen LogP contribution is -2.53. The van der Waals surface area contributed by atoms with Crippen molar-refractivity contribution in [1.29, 1.82) is 0 Å². The smallest absolute Gasteiger partial charge is 0.236 e. The molecule has 1 aliphatic rings. The molecule has 0 aromatic rings. The van der Waals surface area contributed by atoms with Crippen LogP contribution in [-0.2, 0) is 9.59 Å². The maximum Gasteiger partial charge on any atom is 0.236 e. The number of piperazine rings is 1. The first-order valence-electron chi connectivity index (χ1n) is 8.59. The highest BCUT2D eigenvalue weighted by atomic mass is 16.2. The number of nitrogens with zero attached hydrogens (tertiary/aromatic N) is 3. The molecule has 0 atom stereocenters. The molecular weight excluding hydrogens is 280 g/mol. The molecule has 0 unspecified atom stereocenters. The van der Waals surface area contributed by atoms with E-state index in [1.807, 2.05) is 4.90 Å². The predicted octanol–water partition coefficient (Wildman–Crippen LogP) is 0.389. The van der Waals surface area contributed by atoms with Gasteiger partial charge in [0.25, 0.3) is 0 Å². The molecule has 0 aromatic heterocycles. The fourth-order valence-electron chi connectivity index (χ4n) is 2.56. The second kappa shape index (κ2) is 10.6. The van der Waals surface area contributed by atoms with Crippen molar-refractivity contribution in [3.05, 3.63) is 0 Å². The van der Waals surface area contributed by atoms with Gasteiger partial charge in [0, 0.05) is 32.7 Å². The standard InChI is InChI=1S/C16H32N4O2/c1-4-7-8-17-15(21)13-19-9-11-20(12-10-19)16(22)14-18(5-2)6-3/h4-14H2,1-3H3,(H,17,21). The zero-order valence-electron chi connectivity index (χ0n) is 14.4. The van der Waals surface area contributed by atoms with Crippen LogP contribution in [0.1, 0.15) is 33.6 Å². The lowest BCUT2D eigenvalue weighted by Gasteiger charge is -2.35. The lowest BCUT2D eigenvalue weighted by molar-refractivity contribution is -0.134. The number of amides is 2. The molecule has 0 bridgehead atoms. The molecule has 128 valence electrons. The van der Waals surface area contributed by atoms with E-state index in [1.54, 1.807) is 0 Å². The Kier molecular flexibility index (Phi) is 9.08. The molecule has 1 rings (SSSR count). The lowest BCUT2D eigenvalue weighted by atomic mass is 10.3. The zero-order valence-corrected chi connectivity index (χ0v) is 14.4. The van der Waals surface area contributed by atoms with Gasteiger partial charge in [0.2, 0.25) is 11.8 Å². The highest BCUT2D eigenvalue weighted by Crippen LogP contribution is 2.03. The molecule has 1 heterocycles. The third-order valence-corrected chi connectivity index (χ3v) is 4.20. The summed E-state index contributed by atoms with van der Waals surface area (Å²) in [6, 6.07) is 0. The van der Waals surface area contributed by atoms with Crippen LogP contribution >= 0.6 is 0 Å². The van der Waals surface area contributed by atoms with Crippen LogP contribution in [0.4, 0.5) is 0 Å². The maximum atomic E-state index is 12.2. The summed E-state index contributed by atoms with van der Waals surface area (Å²) in [6.45, 7) is 12.8. The number of carbonyl (C=O) groups excluding carboxylic acids is 2. The minimum atomic E-state index is 0.0939. The predicted molar refractivity (Wildman–Crippen MR) is 88.7 cm³/mol. The minimum Gasteiger partial charge on any atom is -0.355 e. The van der Waals surface area contributed by atoms with E-state index in [0.717, 1.165) is 58.7 Å². The van der Waals surface area contributed by atoms with E-state index in [1.165, 1.54) is 0 Å². The van der Waals surface area contributed by atoms with Gasteiger partial charge < -0.3 is 10.2 Å². The van der Waals surface area contributed by atoms with Gasteiger partial charge in [-0.1, -0.05) is 27.2 Å². The highest BCUT2D eigenvalue weighted by Gasteiger charge is 2.23. The number of hydrogen-bond acceptors (Lipinski definition) is 4. The Labute approximate surface area is 134 Å². The third kappa shape index (κ3) is 6.75. The summed E-state index contributed by atoms with van der Waals surface area (Å²) in [5, 5.41) is 2.94. The van der Waals surface area contributed by atoms with E-state index in [2.05, 4.69) is 35.9 Å². The zero-order chi connectivity index (χ0) is 16.4. The van der Waals surface area contributed by atoms with Crippen molar-refractivity contribution in [2.75, 3.05) is 58.9 Å². The topological polar surface area (TPSA) is 55.9 Å². The minimum absolute atomic E-state index is 0.0939. The van der Waals surface area contributed by atoms with Crippen molar-refractivity contribution in [3.8, 4) is 0 Å². The van der Waals surface area contributed by atoms with Gasteiger partial charge in [-0.3, -0.25) is 19.4 Å². The Morgan fingerprint density at radius 3 is 2.23 bits per heavy atom. The van der Waals surface area contributed by atoms with Gasteiger partial charge in [-0.25, -0.2) is 0 Å². The van der Waals surface area contributed by atoms with Gasteiger partial charge in [0.05, 0.1) is 13.1 Å². The van der Waals surface area contributed by atoms with Crippen LogP contribution in [-0.4, -0.2) is 85.4 Å². The number of unbranched alkanes of at least 4 members (excludes halogenated alkanes) is 1. The first-order chi connectivity index (χ1) is 10.6. The van der Waals surface area contributed by atoms with Crippen LogP contribution < -0.4 is 5.32 Å². The molecule has 1 saturated heterocycles. The summed E-state index contributed by atoms with van der Waals surface area (Å²) in [7, 11) is 0.